The van der Waals surface area contributed by atoms with Crippen molar-refractivity contribution in [3.63, 3.8) is 0 Å². The summed E-state index contributed by atoms with van der Waals surface area (Å²) >= 11 is 0. The average molecular weight is 264 g/mol. The number of carbonyl (C=O) groups is 1. The standard InChI is InChI=1S/C11H11F3O4/c1-18-8-5-3-2-4-7(8)10(17,6-9(15)16)11(12,13)14/h2-5,17H,6H2,1H3,(H,15,16). The van der Waals surface area contributed by atoms with Gasteiger partial charge >= 0.3 is 12.1 Å². The molecule has 1 aromatic rings. The van der Waals surface area contributed by atoms with Crippen LogP contribution >= 0.6 is 0 Å². The third-order valence-electron chi connectivity index (χ3n) is 2.43. The van der Waals surface area contributed by atoms with E-state index in [-0.39, 0.29) is 5.75 Å². The molecule has 0 radical (unpaired) electrons. The minimum absolute atomic E-state index is 0.224. The monoisotopic (exact) mass is 264 g/mol. The fourth-order valence-corrected chi connectivity index (χ4v) is 1.55. The predicted octanol–water partition coefficient (Wildman–Crippen LogP) is 1.92. The Bertz CT molecular complexity index is 444. The molecule has 2 N–H and O–H groups in total. The van der Waals surface area contributed by atoms with Gasteiger partial charge in [0.25, 0.3) is 0 Å². The minimum Gasteiger partial charge on any atom is -0.496 e. The molecule has 100 valence electrons. The van der Waals surface area contributed by atoms with Gasteiger partial charge in [-0.15, -0.1) is 0 Å². The van der Waals surface area contributed by atoms with Gasteiger partial charge in [-0.1, -0.05) is 18.2 Å². The zero-order chi connectivity index (χ0) is 14.0. The number of hydrogen-bond donors (Lipinski definition) is 2. The van der Waals surface area contributed by atoms with E-state index in [1.165, 1.54) is 18.2 Å². The third kappa shape index (κ3) is 2.56. The van der Waals surface area contributed by atoms with Crippen LogP contribution in [-0.4, -0.2) is 29.5 Å². The number of methoxy groups -OCH3 is 1. The van der Waals surface area contributed by atoms with Crippen molar-refractivity contribution in [1.29, 1.82) is 0 Å². The van der Waals surface area contributed by atoms with Crippen LogP contribution in [0, 0.1) is 0 Å². The molecule has 18 heavy (non-hydrogen) atoms. The number of alkyl halides is 3. The summed E-state index contributed by atoms with van der Waals surface area (Å²) in [6.07, 6.45) is -6.61. The molecule has 0 aliphatic carbocycles. The van der Waals surface area contributed by atoms with Crippen molar-refractivity contribution >= 4 is 5.97 Å². The highest BCUT2D eigenvalue weighted by molar-refractivity contribution is 5.69. The van der Waals surface area contributed by atoms with Crippen LogP contribution in [-0.2, 0) is 10.4 Å². The second-order valence-electron chi connectivity index (χ2n) is 3.63. The number of rotatable bonds is 4. The number of halogens is 3. The van der Waals surface area contributed by atoms with Gasteiger partial charge in [0.2, 0.25) is 0 Å². The van der Waals surface area contributed by atoms with E-state index < -0.39 is 29.7 Å². The van der Waals surface area contributed by atoms with E-state index in [4.69, 9.17) is 9.84 Å². The third-order valence-corrected chi connectivity index (χ3v) is 2.43. The van der Waals surface area contributed by atoms with Gasteiger partial charge in [-0.3, -0.25) is 4.79 Å². The van der Waals surface area contributed by atoms with Crippen molar-refractivity contribution in [2.24, 2.45) is 0 Å². The lowest BCUT2D eigenvalue weighted by Crippen LogP contribution is -2.44. The van der Waals surface area contributed by atoms with E-state index in [1.807, 2.05) is 0 Å². The van der Waals surface area contributed by atoms with Crippen molar-refractivity contribution < 1.29 is 32.9 Å². The van der Waals surface area contributed by atoms with Gasteiger partial charge in [-0.2, -0.15) is 13.2 Å². The zero-order valence-corrected chi connectivity index (χ0v) is 9.36. The molecule has 0 aliphatic heterocycles. The van der Waals surface area contributed by atoms with E-state index in [2.05, 4.69) is 0 Å². The molecular weight excluding hydrogens is 253 g/mol. The Hall–Kier alpha value is -1.76. The van der Waals surface area contributed by atoms with Crippen LogP contribution in [0.1, 0.15) is 12.0 Å². The van der Waals surface area contributed by atoms with Crippen LogP contribution < -0.4 is 4.74 Å². The summed E-state index contributed by atoms with van der Waals surface area (Å²) in [6, 6.07) is 4.87. The molecule has 1 aromatic carbocycles. The van der Waals surface area contributed by atoms with E-state index in [1.54, 1.807) is 0 Å². The molecule has 0 spiro atoms. The highest BCUT2D eigenvalue weighted by Gasteiger charge is 2.57. The Morgan fingerprint density at radius 1 is 1.33 bits per heavy atom. The SMILES string of the molecule is COc1ccccc1C(O)(CC(=O)O)C(F)(F)F. The van der Waals surface area contributed by atoms with Gasteiger partial charge in [-0.05, 0) is 6.07 Å². The summed E-state index contributed by atoms with van der Waals surface area (Å²) in [5.74, 6) is -1.99. The molecule has 0 aromatic heterocycles. The van der Waals surface area contributed by atoms with Gasteiger partial charge < -0.3 is 14.9 Å². The first-order valence-electron chi connectivity index (χ1n) is 4.87. The van der Waals surface area contributed by atoms with Crippen LogP contribution in [0.3, 0.4) is 0 Å². The Morgan fingerprint density at radius 2 is 1.89 bits per heavy atom. The molecule has 0 heterocycles. The molecule has 1 atom stereocenters. The first-order chi connectivity index (χ1) is 8.22. The number of carboxylic acids is 1. The van der Waals surface area contributed by atoms with E-state index in [0.29, 0.717) is 0 Å². The fraction of sp³-hybridized carbons (Fsp3) is 0.364. The average Bonchev–Trinajstić information content (AvgIpc) is 2.26. The summed E-state index contributed by atoms with van der Waals surface area (Å²) < 4.78 is 43.4. The molecule has 0 amide bonds. The number of ether oxygens (including phenoxy) is 1. The molecule has 0 aliphatic rings. The summed E-state index contributed by atoms with van der Waals surface area (Å²) in [5, 5.41) is 18.3. The Labute approximate surface area is 101 Å². The number of benzene rings is 1. The lowest BCUT2D eigenvalue weighted by molar-refractivity contribution is -0.269. The largest absolute Gasteiger partial charge is 0.496 e. The lowest BCUT2D eigenvalue weighted by Gasteiger charge is -2.30. The molecule has 4 nitrogen and oxygen atoms in total. The number of aliphatic carboxylic acids is 1. The molecule has 0 fully saturated rings. The van der Waals surface area contributed by atoms with E-state index in [0.717, 1.165) is 13.2 Å². The maximum atomic E-state index is 12.9. The van der Waals surface area contributed by atoms with Crippen LogP contribution in [0.4, 0.5) is 13.2 Å². The smallest absolute Gasteiger partial charge is 0.422 e. The van der Waals surface area contributed by atoms with E-state index >= 15 is 0 Å². The fourth-order valence-electron chi connectivity index (χ4n) is 1.55. The van der Waals surface area contributed by atoms with Crippen LogP contribution in [0.5, 0.6) is 5.75 Å². The van der Waals surface area contributed by atoms with Gasteiger partial charge in [0.05, 0.1) is 13.5 Å². The van der Waals surface area contributed by atoms with Crippen molar-refractivity contribution in [3.05, 3.63) is 29.8 Å². The van der Waals surface area contributed by atoms with Gasteiger partial charge in [0, 0.05) is 5.56 Å². The molecule has 0 saturated carbocycles. The normalized spacial score (nSPS) is 14.9. The van der Waals surface area contributed by atoms with Gasteiger partial charge in [0.15, 0.2) is 5.60 Å². The Morgan fingerprint density at radius 3 is 2.33 bits per heavy atom. The van der Waals surface area contributed by atoms with Crippen LogP contribution in [0.2, 0.25) is 0 Å². The number of aliphatic hydroxyl groups is 1. The minimum atomic E-state index is -5.12. The van der Waals surface area contributed by atoms with Gasteiger partial charge in [-0.25, -0.2) is 0 Å². The summed E-state index contributed by atoms with van der Waals surface area (Å²) in [5.41, 5.74) is -4.10. The van der Waals surface area contributed by atoms with Crippen molar-refractivity contribution in [2.45, 2.75) is 18.2 Å². The van der Waals surface area contributed by atoms with Crippen molar-refractivity contribution in [2.75, 3.05) is 7.11 Å². The molecular formula is C11H11F3O4. The molecule has 0 saturated heterocycles. The number of hydrogen-bond acceptors (Lipinski definition) is 3. The van der Waals surface area contributed by atoms with Crippen LogP contribution in [0.15, 0.2) is 24.3 Å². The quantitative estimate of drug-likeness (QED) is 0.871. The number of para-hydroxylation sites is 1. The van der Waals surface area contributed by atoms with Crippen LogP contribution in [0.25, 0.3) is 0 Å². The lowest BCUT2D eigenvalue weighted by atomic mass is 9.89. The molecule has 1 unspecified atom stereocenters. The molecule has 0 bridgehead atoms. The highest BCUT2D eigenvalue weighted by atomic mass is 19.4. The second kappa shape index (κ2) is 4.85. The zero-order valence-electron chi connectivity index (χ0n) is 9.36. The maximum absolute atomic E-state index is 12.9. The first-order valence-corrected chi connectivity index (χ1v) is 4.87. The summed E-state index contributed by atoms with van der Waals surface area (Å²) in [7, 11) is 1.14. The Balaban J connectivity index is 3.39. The highest BCUT2D eigenvalue weighted by Crippen LogP contribution is 2.44. The van der Waals surface area contributed by atoms with E-state index in [9.17, 15) is 23.1 Å². The van der Waals surface area contributed by atoms with Gasteiger partial charge in [0.1, 0.15) is 5.75 Å². The predicted molar refractivity (Wildman–Crippen MR) is 55.2 cm³/mol. The van der Waals surface area contributed by atoms with Crippen molar-refractivity contribution in [3.8, 4) is 5.75 Å². The molecule has 7 heteroatoms. The Kier molecular flexibility index (Phi) is 3.85. The summed E-state index contributed by atoms with van der Waals surface area (Å²) in [6.45, 7) is 0. The first kappa shape index (κ1) is 14.3. The number of carboxylic acid groups (broad SMARTS) is 1. The maximum Gasteiger partial charge on any atom is 0.422 e. The van der Waals surface area contributed by atoms with Crippen molar-refractivity contribution in [1.82, 2.24) is 0 Å². The molecule has 1 rings (SSSR count). The second-order valence-corrected chi connectivity index (χ2v) is 3.63. The summed E-state index contributed by atoms with van der Waals surface area (Å²) in [4.78, 5) is 10.5. The topological polar surface area (TPSA) is 66.8 Å².